The van der Waals surface area contributed by atoms with E-state index in [9.17, 15) is 5.11 Å². The van der Waals surface area contributed by atoms with Crippen LogP contribution in [0.5, 0.6) is 0 Å². The second-order valence-corrected chi connectivity index (χ2v) is 6.39. The predicted octanol–water partition coefficient (Wildman–Crippen LogP) is 3.94. The number of fused-ring (bicyclic) bond motifs is 2. The van der Waals surface area contributed by atoms with Gasteiger partial charge in [0.25, 0.3) is 0 Å². The predicted molar refractivity (Wildman–Crippen MR) is 74.6 cm³/mol. The highest BCUT2D eigenvalue weighted by Gasteiger charge is 2.50. The maximum atomic E-state index is 11.2. The zero-order valence-corrected chi connectivity index (χ0v) is 11.4. The second-order valence-electron chi connectivity index (χ2n) is 6.01. The van der Waals surface area contributed by atoms with E-state index in [2.05, 4.69) is 12.1 Å². The fourth-order valence-electron chi connectivity index (χ4n) is 4.24. The molecular formula is C16H21ClO. The molecule has 3 rings (SSSR count). The molecule has 4 atom stereocenters. The lowest BCUT2D eigenvalue weighted by Crippen LogP contribution is -2.38. The molecule has 0 aliphatic heterocycles. The number of benzene rings is 1. The molecule has 1 aromatic rings. The minimum atomic E-state index is -0.706. The highest BCUT2D eigenvalue weighted by Crippen LogP contribution is 2.55. The zero-order chi connectivity index (χ0) is 12.6. The van der Waals surface area contributed by atoms with Crippen LogP contribution in [0.2, 0.25) is 0 Å². The summed E-state index contributed by atoms with van der Waals surface area (Å²) in [7, 11) is 0. The molecule has 2 bridgehead atoms. The maximum absolute atomic E-state index is 11.2. The molecule has 1 aromatic carbocycles. The Kier molecular flexibility index (Phi) is 3.38. The molecule has 2 saturated carbocycles. The van der Waals surface area contributed by atoms with E-state index in [1.807, 2.05) is 18.2 Å². The van der Waals surface area contributed by atoms with Crippen LogP contribution < -0.4 is 0 Å². The van der Waals surface area contributed by atoms with Gasteiger partial charge in [-0.3, -0.25) is 0 Å². The van der Waals surface area contributed by atoms with Crippen LogP contribution in [-0.2, 0) is 5.60 Å². The minimum absolute atomic E-state index is 0.414. The summed E-state index contributed by atoms with van der Waals surface area (Å²) in [6.45, 7) is 0. The summed E-state index contributed by atoms with van der Waals surface area (Å²) < 4.78 is 0. The van der Waals surface area contributed by atoms with Crippen molar-refractivity contribution >= 4 is 11.6 Å². The Balaban J connectivity index is 1.92. The Morgan fingerprint density at radius 3 is 2.50 bits per heavy atom. The molecule has 0 spiro atoms. The van der Waals surface area contributed by atoms with Crippen LogP contribution in [0.1, 0.15) is 37.7 Å². The molecule has 0 amide bonds. The summed E-state index contributed by atoms with van der Waals surface area (Å²) in [5.41, 5.74) is 0.353. The third kappa shape index (κ3) is 1.98. The first-order chi connectivity index (χ1) is 8.74. The molecule has 1 nitrogen and oxygen atoms in total. The van der Waals surface area contributed by atoms with Crippen LogP contribution >= 0.6 is 11.6 Å². The van der Waals surface area contributed by atoms with Crippen LogP contribution in [0, 0.1) is 17.8 Å². The van der Waals surface area contributed by atoms with Gasteiger partial charge in [-0.15, -0.1) is 11.6 Å². The molecule has 2 aliphatic rings. The molecule has 4 unspecified atom stereocenters. The molecule has 0 radical (unpaired) electrons. The SMILES string of the molecule is OC(CCCl)(c1ccccc1)C1CC2CCC1C2. The third-order valence-corrected chi connectivity index (χ3v) is 5.29. The number of rotatable bonds is 4. The zero-order valence-electron chi connectivity index (χ0n) is 10.7. The van der Waals surface area contributed by atoms with Gasteiger partial charge in [-0.1, -0.05) is 36.8 Å². The average molecular weight is 265 g/mol. The van der Waals surface area contributed by atoms with E-state index in [0.29, 0.717) is 24.1 Å². The molecule has 2 heteroatoms. The lowest BCUT2D eigenvalue weighted by molar-refractivity contribution is -0.0491. The number of hydrogen-bond acceptors (Lipinski definition) is 1. The fourth-order valence-corrected chi connectivity index (χ4v) is 4.53. The van der Waals surface area contributed by atoms with Gasteiger partial charge >= 0.3 is 0 Å². The molecule has 98 valence electrons. The van der Waals surface area contributed by atoms with Crippen molar-refractivity contribution in [3.63, 3.8) is 0 Å². The van der Waals surface area contributed by atoms with Crippen molar-refractivity contribution < 1.29 is 5.11 Å². The van der Waals surface area contributed by atoms with E-state index in [4.69, 9.17) is 11.6 Å². The van der Waals surface area contributed by atoms with E-state index in [1.165, 1.54) is 25.7 Å². The van der Waals surface area contributed by atoms with Crippen LogP contribution in [0.15, 0.2) is 30.3 Å². The van der Waals surface area contributed by atoms with Crippen molar-refractivity contribution in [1.82, 2.24) is 0 Å². The van der Waals surface area contributed by atoms with Gasteiger partial charge in [0.1, 0.15) is 0 Å². The Labute approximate surface area is 114 Å². The van der Waals surface area contributed by atoms with Crippen LogP contribution in [0.25, 0.3) is 0 Å². The van der Waals surface area contributed by atoms with E-state index in [1.54, 1.807) is 0 Å². The van der Waals surface area contributed by atoms with Gasteiger partial charge in [0, 0.05) is 5.88 Å². The molecule has 0 aromatic heterocycles. The summed E-state index contributed by atoms with van der Waals surface area (Å²) in [5, 5.41) is 11.2. The molecule has 0 heterocycles. The first-order valence-electron chi connectivity index (χ1n) is 7.08. The van der Waals surface area contributed by atoms with Crippen molar-refractivity contribution in [2.24, 2.45) is 17.8 Å². The van der Waals surface area contributed by atoms with Gasteiger partial charge in [-0.25, -0.2) is 0 Å². The van der Waals surface area contributed by atoms with Gasteiger partial charge in [0.05, 0.1) is 5.60 Å². The highest BCUT2D eigenvalue weighted by molar-refractivity contribution is 6.17. The van der Waals surface area contributed by atoms with Crippen molar-refractivity contribution in [1.29, 1.82) is 0 Å². The lowest BCUT2D eigenvalue weighted by Gasteiger charge is -2.39. The van der Waals surface area contributed by atoms with E-state index < -0.39 is 5.60 Å². The van der Waals surface area contributed by atoms with E-state index in [-0.39, 0.29) is 0 Å². The molecule has 18 heavy (non-hydrogen) atoms. The minimum Gasteiger partial charge on any atom is -0.385 e. The van der Waals surface area contributed by atoms with Crippen molar-refractivity contribution in [2.75, 3.05) is 5.88 Å². The number of hydrogen-bond donors (Lipinski definition) is 1. The number of aliphatic hydroxyl groups is 1. The van der Waals surface area contributed by atoms with Gasteiger partial charge in [0.15, 0.2) is 0 Å². The standard InChI is InChI=1S/C16H21ClO/c17-9-8-16(18,14-4-2-1-3-5-14)15-11-12-6-7-13(15)10-12/h1-5,12-13,15,18H,6-11H2. The summed E-state index contributed by atoms with van der Waals surface area (Å²) in [5.74, 6) is 2.51. The van der Waals surface area contributed by atoms with Crippen molar-refractivity contribution in [2.45, 2.75) is 37.7 Å². The Morgan fingerprint density at radius 2 is 1.94 bits per heavy atom. The van der Waals surface area contributed by atoms with Crippen LogP contribution in [0.4, 0.5) is 0 Å². The maximum Gasteiger partial charge on any atom is 0.0938 e. The van der Waals surface area contributed by atoms with Crippen molar-refractivity contribution in [3.8, 4) is 0 Å². The smallest absolute Gasteiger partial charge is 0.0938 e. The van der Waals surface area contributed by atoms with Gasteiger partial charge in [0.2, 0.25) is 0 Å². The first-order valence-corrected chi connectivity index (χ1v) is 7.61. The van der Waals surface area contributed by atoms with E-state index >= 15 is 0 Å². The Morgan fingerprint density at radius 1 is 1.17 bits per heavy atom. The molecule has 0 saturated heterocycles. The largest absolute Gasteiger partial charge is 0.385 e. The van der Waals surface area contributed by atoms with Gasteiger partial charge in [-0.05, 0) is 49.0 Å². The number of halogens is 1. The van der Waals surface area contributed by atoms with Crippen LogP contribution in [0.3, 0.4) is 0 Å². The highest BCUT2D eigenvalue weighted by atomic mass is 35.5. The monoisotopic (exact) mass is 264 g/mol. The number of alkyl halides is 1. The fraction of sp³-hybridized carbons (Fsp3) is 0.625. The quantitative estimate of drug-likeness (QED) is 0.817. The second kappa shape index (κ2) is 4.86. The Bertz CT molecular complexity index is 405. The first kappa shape index (κ1) is 12.5. The van der Waals surface area contributed by atoms with E-state index in [0.717, 1.165) is 11.5 Å². The molecule has 2 fully saturated rings. The summed E-state index contributed by atoms with van der Waals surface area (Å²) in [6.07, 6.45) is 5.85. The average Bonchev–Trinajstić information content (AvgIpc) is 3.02. The van der Waals surface area contributed by atoms with Crippen molar-refractivity contribution in [3.05, 3.63) is 35.9 Å². The molecule has 2 aliphatic carbocycles. The Hall–Kier alpha value is -0.530. The molecular weight excluding hydrogens is 244 g/mol. The topological polar surface area (TPSA) is 20.2 Å². The van der Waals surface area contributed by atoms with Gasteiger partial charge in [-0.2, -0.15) is 0 Å². The normalized spacial score (nSPS) is 33.6. The lowest BCUT2D eigenvalue weighted by atomic mass is 9.71. The summed E-state index contributed by atoms with van der Waals surface area (Å²) in [4.78, 5) is 0. The van der Waals surface area contributed by atoms with Gasteiger partial charge < -0.3 is 5.11 Å². The van der Waals surface area contributed by atoms with Crippen LogP contribution in [-0.4, -0.2) is 11.0 Å². The third-order valence-electron chi connectivity index (χ3n) is 5.10. The summed E-state index contributed by atoms with van der Waals surface area (Å²) >= 11 is 5.96. The summed E-state index contributed by atoms with van der Waals surface area (Å²) in [6, 6.07) is 10.1. The molecule has 1 N–H and O–H groups in total.